The highest BCUT2D eigenvalue weighted by Crippen LogP contribution is 2.24. The van der Waals surface area contributed by atoms with Gasteiger partial charge in [-0.2, -0.15) is 0 Å². The Balaban J connectivity index is 1.35. The van der Waals surface area contributed by atoms with Crippen LogP contribution in [0.15, 0.2) is 66.7 Å². The van der Waals surface area contributed by atoms with Crippen molar-refractivity contribution >= 4 is 28.9 Å². The van der Waals surface area contributed by atoms with E-state index in [-0.39, 0.29) is 17.2 Å². The number of methoxy groups -OCH3 is 1. The van der Waals surface area contributed by atoms with Crippen molar-refractivity contribution in [1.82, 2.24) is 4.90 Å². The lowest BCUT2D eigenvalue weighted by Gasteiger charge is -2.36. The minimum absolute atomic E-state index is 0.00167. The Hall–Kier alpha value is -4.40. The monoisotopic (exact) mass is 474 g/mol. The summed E-state index contributed by atoms with van der Waals surface area (Å²) in [7, 11) is 1.59. The molecule has 0 saturated carbocycles. The summed E-state index contributed by atoms with van der Waals surface area (Å²) in [6.45, 7) is 4.17. The van der Waals surface area contributed by atoms with Crippen LogP contribution in [0.1, 0.15) is 26.3 Å². The van der Waals surface area contributed by atoms with Gasteiger partial charge in [0.05, 0.1) is 12.0 Å². The molecule has 1 heterocycles. The maximum absolute atomic E-state index is 12.8. The van der Waals surface area contributed by atoms with E-state index in [9.17, 15) is 19.7 Å². The van der Waals surface area contributed by atoms with E-state index in [4.69, 9.17) is 4.74 Å². The number of carbonyl (C=O) groups is 2. The van der Waals surface area contributed by atoms with Gasteiger partial charge in [-0.1, -0.05) is 6.07 Å². The summed E-state index contributed by atoms with van der Waals surface area (Å²) in [6.07, 6.45) is 0. The molecule has 0 aliphatic carbocycles. The van der Waals surface area contributed by atoms with Crippen LogP contribution in [0.3, 0.4) is 0 Å². The van der Waals surface area contributed by atoms with Crippen LogP contribution in [0.4, 0.5) is 17.1 Å². The highest BCUT2D eigenvalue weighted by atomic mass is 16.6. The van der Waals surface area contributed by atoms with Crippen LogP contribution in [0.25, 0.3) is 0 Å². The first-order chi connectivity index (χ1) is 16.9. The lowest BCUT2D eigenvalue weighted by Crippen LogP contribution is -2.48. The average Bonchev–Trinajstić information content (AvgIpc) is 2.89. The summed E-state index contributed by atoms with van der Waals surface area (Å²) in [5.41, 5.74) is 2.73. The number of nitrogens with one attached hydrogen (secondary N) is 1. The van der Waals surface area contributed by atoms with Crippen LogP contribution in [0.5, 0.6) is 5.75 Å². The van der Waals surface area contributed by atoms with Crippen molar-refractivity contribution in [2.75, 3.05) is 43.5 Å². The number of carbonyl (C=O) groups excluding carboxylic acids is 2. The molecule has 9 heteroatoms. The van der Waals surface area contributed by atoms with E-state index in [1.807, 2.05) is 17.0 Å². The van der Waals surface area contributed by atoms with Gasteiger partial charge in [0.15, 0.2) is 0 Å². The largest absolute Gasteiger partial charge is 0.497 e. The standard InChI is InChI=1S/C26H26N4O5/c1-18-23(4-3-5-24(18)30(33)34)25(31)27-20-8-10-21(11-9-20)28-14-16-29(17-15-28)26(32)19-6-12-22(35-2)13-7-19/h3-13H,14-17H2,1-2H3,(H,27,31). The maximum atomic E-state index is 12.8. The van der Waals surface area contributed by atoms with Crippen LogP contribution >= 0.6 is 0 Å². The molecule has 1 N–H and O–H groups in total. The zero-order valence-electron chi connectivity index (χ0n) is 19.6. The molecule has 9 nitrogen and oxygen atoms in total. The van der Waals surface area contributed by atoms with Crippen LogP contribution in [0.2, 0.25) is 0 Å². The molecule has 4 rings (SSSR count). The van der Waals surface area contributed by atoms with Crippen molar-refractivity contribution < 1.29 is 19.2 Å². The molecule has 35 heavy (non-hydrogen) atoms. The van der Waals surface area contributed by atoms with Crippen LogP contribution < -0.4 is 15.0 Å². The van der Waals surface area contributed by atoms with Gasteiger partial charge >= 0.3 is 0 Å². The number of anilines is 2. The van der Waals surface area contributed by atoms with E-state index in [0.29, 0.717) is 48.7 Å². The summed E-state index contributed by atoms with van der Waals surface area (Å²) in [6, 6.07) is 19.0. The molecule has 1 aliphatic heterocycles. The molecule has 180 valence electrons. The predicted molar refractivity (Wildman–Crippen MR) is 133 cm³/mol. The number of nitrogens with zero attached hydrogens (tertiary/aromatic N) is 3. The number of ether oxygens (including phenoxy) is 1. The molecular weight excluding hydrogens is 448 g/mol. The van der Waals surface area contributed by atoms with Gasteiger partial charge in [-0.25, -0.2) is 0 Å². The first-order valence-corrected chi connectivity index (χ1v) is 11.2. The SMILES string of the molecule is COc1ccc(C(=O)N2CCN(c3ccc(NC(=O)c4cccc([N+](=O)[O-])c4C)cc3)CC2)cc1. The van der Waals surface area contributed by atoms with Crippen LogP contribution in [-0.4, -0.2) is 54.9 Å². The van der Waals surface area contributed by atoms with Crippen LogP contribution in [-0.2, 0) is 0 Å². The zero-order valence-corrected chi connectivity index (χ0v) is 19.6. The average molecular weight is 475 g/mol. The van der Waals surface area contributed by atoms with Crippen molar-refractivity contribution in [2.24, 2.45) is 0 Å². The van der Waals surface area contributed by atoms with Crippen molar-refractivity contribution in [3.63, 3.8) is 0 Å². The zero-order chi connectivity index (χ0) is 24.9. The molecule has 3 aromatic carbocycles. The molecular formula is C26H26N4O5. The Kier molecular flexibility index (Phi) is 6.96. The predicted octanol–water partition coefficient (Wildman–Crippen LogP) is 4.13. The third kappa shape index (κ3) is 5.24. The van der Waals surface area contributed by atoms with Crippen molar-refractivity contribution in [3.05, 3.63) is 93.5 Å². The fourth-order valence-electron chi connectivity index (χ4n) is 4.11. The quantitative estimate of drug-likeness (QED) is 0.426. The second kappa shape index (κ2) is 10.3. The number of rotatable bonds is 6. The number of hydrogen-bond acceptors (Lipinski definition) is 6. The highest BCUT2D eigenvalue weighted by Gasteiger charge is 2.23. The summed E-state index contributed by atoms with van der Waals surface area (Å²) in [4.78, 5) is 40.1. The number of amides is 2. The summed E-state index contributed by atoms with van der Waals surface area (Å²) < 4.78 is 5.15. The third-order valence-electron chi connectivity index (χ3n) is 6.14. The van der Waals surface area contributed by atoms with Gasteiger partial charge in [0.2, 0.25) is 0 Å². The smallest absolute Gasteiger partial charge is 0.273 e. The summed E-state index contributed by atoms with van der Waals surface area (Å²) >= 11 is 0. The summed E-state index contributed by atoms with van der Waals surface area (Å²) in [5, 5.41) is 13.9. The van der Waals surface area contributed by atoms with Gasteiger partial charge in [0, 0.05) is 60.3 Å². The van der Waals surface area contributed by atoms with E-state index < -0.39 is 10.8 Å². The fourth-order valence-corrected chi connectivity index (χ4v) is 4.11. The van der Waals surface area contributed by atoms with Gasteiger partial charge in [0.25, 0.3) is 17.5 Å². The van der Waals surface area contributed by atoms with Gasteiger partial charge in [-0.3, -0.25) is 19.7 Å². The minimum atomic E-state index is -0.495. The normalized spacial score (nSPS) is 13.3. The molecule has 1 aliphatic rings. The van der Waals surface area contributed by atoms with Crippen molar-refractivity contribution in [3.8, 4) is 5.75 Å². The fraction of sp³-hybridized carbons (Fsp3) is 0.231. The second-order valence-corrected chi connectivity index (χ2v) is 8.22. The van der Waals surface area contributed by atoms with E-state index >= 15 is 0 Å². The van der Waals surface area contributed by atoms with Gasteiger partial charge in [-0.05, 0) is 61.5 Å². The van der Waals surface area contributed by atoms with Gasteiger partial charge < -0.3 is 19.9 Å². The topological polar surface area (TPSA) is 105 Å². The van der Waals surface area contributed by atoms with E-state index in [1.54, 1.807) is 56.5 Å². The molecule has 1 saturated heterocycles. The van der Waals surface area contributed by atoms with Crippen LogP contribution in [0, 0.1) is 17.0 Å². The molecule has 3 aromatic rings. The number of benzene rings is 3. The Morgan fingerprint density at radius 2 is 1.60 bits per heavy atom. The van der Waals surface area contributed by atoms with Crippen molar-refractivity contribution in [1.29, 1.82) is 0 Å². The first kappa shape index (κ1) is 23.7. The third-order valence-corrected chi connectivity index (χ3v) is 6.14. The Morgan fingerprint density at radius 3 is 2.20 bits per heavy atom. The first-order valence-electron chi connectivity index (χ1n) is 11.2. The molecule has 0 atom stereocenters. The molecule has 0 unspecified atom stereocenters. The highest BCUT2D eigenvalue weighted by molar-refractivity contribution is 6.06. The number of hydrogen-bond donors (Lipinski definition) is 1. The number of piperazine rings is 1. The lowest BCUT2D eigenvalue weighted by atomic mass is 10.1. The maximum Gasteiger partial charge on any atom is 0.273 e. The van der Waals surface area contributed by atoms with Crippen molar-refractivity contribution in [2.45, 2.75) is 6.92 Å². The Labute approximate surface area is 203 Å². The van der Waals surface area contributed by atoms with Gasteiger partial charge in [-0.15, -0.1) is 0 Å². The molecule has 0 radical (unpaired) electrons. The Morgan fingerprint density at radius 1 is 0.943 bits per heavy atom. The van der Waals surface area contributed by atoms with E-state index in [1.165, 1.54) is 12.1 Å². The second-order valence-electron chi connectivity index (χ2n) is 8.22. The number of nitro benzene ring substituents is 1. The van der Waals surface area contributed by atoms with E-state index in [2.05, 4.69) is 10.2 Å². The molecule has 2 amide bonds. The number of nitro groups is 1. The lowest BCUT2D eigenvalue weighted by molar-refractivity contribution is -0.385. The molecule has 0 spiro atoms. The Bertz CT molecular complexity index is 1230. The van der Waals surface area contributed by atoms with E-state index in [0.717, 1.165) is 5.69 Å². The van der Waals surface area contributed by atoms with Gasteiger partial charge in [0.1, 0.15) is 5.75 Å². The molecule has 0 bridgehead atoms. The minimum Gasteiger partial charge on any atom is -0.497 e. The summed E-state index contributed by atoms with van der Waals surface area (Å²) in [5.74, 6) is 0.317. The molecule has 1 fully saturated rings. The molecule has 0 aromatic heterocycles.